The van der Waals surface area contributed by atoms with Gasteiger partial charge in [-0.3, -0.25) is 23.8 Å². The van der Waals surface area contributed by atoms with Gasteiger partial charge in [0, 0.05) is 49.7 Å². The summed E-state index contributed by atoms with van der Waals surface area (Å²) in [4.78, 5) is 43.9. The normalized spacial score (nSPS) is 11.2. The highest BCUT2D eigenvalue weighted by Crippen LogP contribution is 2.28. The zero-order valence-electron chi connectivity index (χ0n) is 22.4. The molecule has 5 rings (SSSR count). The summed E-state index contributed by atoms with van der Waals surface area (Å²) in [5.41, 5.74) is 0.0564. The molecule has 3 heterocycles. The number of nitrogens with zero attached hydrogens (tertiary/aromatic N) is 5. The number of Topliss-reactive ketones (excluding diaryl/α,β-unsaturated/α-hetero) is 1. The van der Waals surface area contributed by atoms with E-state index in [0.717, 1.165) is 28.3 Å². The minimum atomic E-state index is -0.842. The third-order valence-corrected chi connectivity index (χ3v) is 6.38. The minimum Gasteiger partial charge on any atom is -0.454 e. The van der Waals surface area contributed by atoms with Crippen LogP contribution < -0.4 is 16.0 Å². The Balaban J connectivity index is 1.41. The highest BCUT2D eigenvalue weighted by Gasteiger charge is 2.21. The number of rotatable bonds is 8. The van der Waals surface area contributed by atoms with E-state index < -0.39 is 28.7 Å². The lowest BCUT2D eigenvalue weighted by Gasteiger charge is -2.15. The van der Waals surface area contributed by atoms with Crippen molar-refractivity contribution in [1.82, 2.24) is 23.9 Å². The number of aromatic nitrogens is 5. The average Bonchev–Trinajstić information content (AvgIpc) is 3.37. The minimum absolute atomic E-state index is 0.0587. The SMILES string of the molecule is CC(C)n1cc(C(=O)Cc2ccc(Oc3ccnc(-c4cnn(C)c4)c3)c(F)c2)c(=O)n(-c2ccc(F)cc2)c1=O. The number of aryl methyl sites for hydroxylation is 1. The van der Waals surface area contributed by atoms with E-state index in [4.69, 9.17) is 4.74 Å². The maximum Gasteiger partial charge on any atom is 0.335 e. The van der Waals surface area contributed by atoms with Crippen LogP contribution in [-0.2, 0) is 13.5 Å². The molecule has 5 aromatic rings. The second kappa shape index (κ2) is 11.1. The highest BCUT2D eigenvalue weighted by atomic mass is 19.1. The Morgan fingerprint density at radius 3 is 2.41 bits per heavy atom. The van der Waals surface area contributed by atoms with Gasteiger partial charge in [-0.1, -0.05) is 6.07 Å². The Bertz CT molecular complexity index is 1870. The van der Waals surface area contributed by atoms with Crippen LogP contribution in [0.2, 0.25) is 0 Å². The lowest BCUT2D eigenvalue weighted by atomic mass is 10.0. The maximum atomic E-state index is 15.0. The van der Waals surface area contributed by atoms with Crippen molar-refractivity contribution in [1.29, 1.82) is 0 Å². The monoisotopic (exact) mass is 557 g/mol. The van der Waals surface area contributed by atoms with Crippen LogP contribution in [0.15, 0.2) is 89.0 Å². The molecule has 0 aliphatic heterocycles. The van der Waals surface area contributed by atoms with Crippen molar-refractivity contribution in [3.05, 3.63) is 123 Å². The van der Waals surface area contributed by atoms with Crippen LogP contribution in [0.25, 0.3) is 16.9 Å². The lowest BCUT2D eigenvalue weighted by molar-refractivity contribution is 0.0990. The van der Waals surface area contributed by atoms with Gasteiger partial charge in [-0.2, -0.15) is 5.10 Å². The number of ketones is 1. The van der Waals surface area contributed by atoms with Crippen LogP contribution in [0.1, 0.15) is 35.8 Å². The molecule has 2 aromatic carbocycles. The Hall–Kier alpha value is -5.19. The molecule has 0 radical (unpaired) electrons. The highest BCUT2D eigenvalue weighted by molar-refractivity contribution is 5.97. The van der Waals surface area contributed by atoms with Gasteiger partial charge >= 0.3 is 5.69 Å². The van der Waals surface area contributed by atoms with Crippen molar-refractivity contribution in [3.8, 4) is 28.4 Å². The van der Waals surface area contributed by atoms with Gasteiger partial charge in [0.15, 0.2) is 17.3 Å². The van der Waals surface area contributed by atoms with Crippen molar-refractivity contribution in [3.63, 3.8) is 0 Å². The molecule has 0 fully saturated rings. The van der Waals surface area contributed by atoms with Gasteiger partial charge in [0.25, 0.3) is 5.56 Å². The summed E-state index contributed by atoms with van der Waals surface area (Å²) in [7, 11) is 1.79. The Labute approximate surface area is 232 Å². The first kappa shape index (κ1) is 27.4. The zero-order valence-corrected chi connectivity index (χ0v) is 22.4. The third kappa shape index (κ3) is 5.74. The molecule has 0 amide bonds. The lowest BCUT2D eigenvalue weighted by Crippen LogP contribution is -2.42. The van der Waals surface area contributed by atoms with Crippen LogP contribution in [0.3, 0.4) is 0 Å². The Morgan fingerprint density at radius 2 is 1.76 bits per heavy atom. The number of pyridine rings is 1. The number of carbonyl (C=O) groups is 1. The van der Waals surface area contributed by atoms with E-state index in [-0.39, 0.29) is 29.5 Å². The van der Waals surface area contributed by atoms with Gasteiger partial charge in [-0.05, 0) is 61.9 Å². The van der Waals surface area contributed by atoms with Crippen molar-refractivity contribution in [2.45, 2.75) is 26.3 Å². The number of carbonyl (C=O) groups excluding carboxylic acids is 1. The average molecular weight is 558 g/mol. The summed E-state index contributed by atoms with van der Waals surface area (Å²) >= 11 is 0. The van der Waals surface area contributed by atoms with E-state index in [1.54, 1.807) is 50.1 Å². The molecule has 11 heteroatoms. The molecular weight excluding hydrogens is 532 g/mol. The van der Waals surface area contributed by atoms with Gasteiger partial charge in [-0.25, -0.2) is 18.1 Å². The molecule has 0 atom stereocenters. The number of hydrogen-bond donors (Lipinski definition) is 0. The van der Waals surface area contributed by atoms with Gasteiger partial charge in [0.2, 0.25) is 0 Å². The van der Waals surface area contributed by atoms with E-state index in [1.807, 2.05) is 0 Å². The molecule has 0 saturated heterocycles. The molecule has 0 unspecified atom stereocenters. The molecule has 0 saturated carbocycles. The van der Waals surface area contributed by atoms with Gasteiger partial charge < -0.3 is 4.74 Å². The van der Waals surface area contributed by atoms with E-state index in [2.05, 4.69) is 10.1 Å². The van der Waals surface area contributed by atoms with E-state index >= 15 is 4.39 Å². The molecule has 208 valence electrons. The maximum absolute atomic E-state index is 15.0. The summed E-state index contributed by atoms with van der Waals surface area (Å²) in [6.45, 7) is 3.46. The first-order chi connectivity index (χ1) is 19.6. The van der Waals surface area contributed by atoms with Crippen LogP contribution in [0.4, 0.5) is 8.78 Å². The Kier molecular flexibility index (Phi) is 7.43. The molecule has 0 spiro atoms. The van der Waals surface area contributed by atoms with E-state index in [0.29, 0.717) is 17.0 Å². The molecule has 0 aliphatic rings. The van der Waals surface area contributed by atoms with Gasteiger partial charge in [0.1, 0.15) is 17.1 Å². The van der Waals surface area contributed by atoms with Crippen molar-refractivity contribution in [2.24, 2.45) is 7.05 Å². The fourth-order valence-corrected chi connectivity index (χ4v) is 4.28. The summed E-state index contributed by atoms with van der Waals surface area (Å²) in [5.74, 6) is -1.55. The molecule has 0 bridgehead atoms. The molecule has 41 heavy (non-hydrogen) atoms. The predicted molar refractivity (Wildman–Crippen MR) is 148 cm³/mol. The van der Waals surface area contributed by atoms with E-state index in [9.17, 15) is 18.8 Å². The number of ether oxygens (including phenoxy) is 1. The van der Waals surface area contributed by atoms with Crippen LogP contribution in [-0.4, -0.2) is 29.7 Å². The molecule has 3 aromatic heterocycles. The second-order valence-electron chi connectivity index (χ2n) is 9.69. The molecule has 9 nitrogen and oxygen atoms in total. The fraction of sp³-hybridized carbons (Fsp3) is 0.167. The summed E-state index contributed by atoms with van der Waals surface area (Å²) in [6, 6.07) is 11.8. The van der Waals surface area contributed by atoms with Gasteiger partial charge in [-0.15, -0.1) is 0 Å². The molecular formula is C30H25F2N5O4. The van der Waals surface area contributed by atoms with Crippen LogP contribution in [0, 0.1) is 11.6 Å². The van der Waals surface area contributed by atoms with Crippen molar-refractivity contribution in [2.75, 3.05) is 0 Å². The largest absolute Gasteiger partial charge is 0.454 e. The fourth-order valence-electron chi connectivity index (χ4n) is 4.28. The third-order valence-electron chi connectivity index (χ3n) is 6.38. The van der Waals surface area contributed by atoms with Gasteiger partial charge in [0.05, 0.1) is 17.6 Å². The number of halogens is 2. The molecule has 0 N–H and O–H groups in total. The standard InChI is InChI=1S/C30H25F2N5O4/c1-18(2)36-17-24(29(39)37(30(36)40)22-7-5-21(31)6-8-22)27(38)13-19-4-9-28(25(32)12-19)41-23-10-11-33-26(14-23)20-15-34-35(3)16-20/h4-12,14-18H,13H2,1-3H3. The quantitative estimate of drug-likeness (QED) is 0.252. The summed E-state index contributed by atoms with van der Waals surface area (Å²) < 4.78 is 37.9. The van der Waals surface area contributed by atoms with E-state index in [1.165, 1.54) is 41.2 Å². The zero-order chi connectivity index (χ0) is 29.3. The van der Waals surface area contributed by atoms with Crippen molar-refractivity contribution < 1.29 is 18.3 Å². The van der Waals surface area contributed by atoms with Crippen LogP contribution in [0.5, 0.6) is 11.5 Å². The number of hydrogen-bond acceptors (Lipinski definition) is 6. The number of benzene rings is 2. The smallest absolute Gasteiger partial charge is 0.335 e. The molecule has 0 aliphatic carbocycles. The van der Waals surface area contributed by atoms with Crippen molar-refractivity contribution >= 4 is 5.78 Å². The first-order valence-corrected chi connectivity index (χ1v) is 12.7. The predicted octanol–water partition coefficient (Wildman–Crippen LogP) is 4.87. The first-order valence-electron chi connectivity index (χ1n) is 12.7. The summed E-state index contributed by atoms with van der Waals surface area (Å²) in [6.07, 6.45) is 5.90. The van der Waals surface area contributed by atoms with Crippen LogP contribution >= 0.6 is 0 Å². The topological polar surface area (TPSA) is 101 Å². The summed E-state index contributed by atoms with van der Waals surface area (Å²) in [5, 5.41) is 4.12. The second-order valence-corrected chi connectivity index (χ2v) is 9.69. The Morgan fingerprint density at radius 1 is 1.00 bits per heavy atom.